The van der Waals surface area contributed by atoms with Crippen molar-refractivity contribution < 1.29 is 13.9 Å². The maximum absolute atomic E-state index is 13.3. The monoisotopic (exact) mass is 227 g/mol. The number of benzene rings is 1. The van der Waals surface area contributed by atoms with Gasteiger partial charge in [-0.15, -0.1) is 6.58 Å². The van der Waals surface area contributed by atoms with Crippen LogP contribution in [-0.2, 0) is 0 Å². The maximum Gasteiger partial charge on any atom is 0.129 e. The lowest BCUT2D eigenvalue weighted by molar-refractivity contribution is 0.133. The summed E-state index contributed by atoms with van der Waals surface area (Å²) < 4.78 is 26.2. The molecule has 1 rings (SSSR count). The fourth-order valence-electron chi connectivity index (χ4n) is 1.39. The molecule has 0 heterocycles. The van der Waals surface area contributed by atoms with Crippen molar-refractivity contribution in [3.8, 4) is 0 Å². The van der Waals surface area contributed by atoms with Gasteiger partial charge in [0.05, 0.1) is 6.10 Å². The van der Waals surface area contributed by atoms with Gasteiger partial charge in [-0.1, -0.05) is 6.08 Å². The molecular formula is C12H15F2NO. The first kappa shape index (κ1) is 12.8. The lowest BCUT2D eigenvalue weighted by atomic mass is 10.0. The summed E-state index contributed by atoms with van der Waals surface area (Å²) in [7, 11) is 0. The Morgan fingerprint density at radius 1 is 1.50 bits per heavy atom. The highest BCUT2D eigenvalue weighted by Crippen LogP contribution is 2.21. The summed E-state index contributed by atoms with van der Waals surface area (Å²) in [6.45, 7) is 5.71. The molecule has 1 aromatic carbocycles. The molecule has 0 aliphatic rings. The highest BCUT2D eigenvalue weighted by molar-refractivity contribution is 5.22. The number of nitrogens with one attached hydrogen (secondary N) is 1. The van der Waals surface area contributed by atoms with Crippen molar-refractivity contribution in [2.75, 3.05) is 6.54 Å². The minimum absolute atomic E-state index is 0.0379. The van der Waals surface area contributed by atoms with E-state index in [-0.39, 0.29) is 11.6 Å². The average molecular weight is 227 g/mol. The third-order valence-electron chi connectivity index (χ3n) is 2.33. The van der Waals surface area contributed by atoms with Gasteiger partial charge < -0.3 is 10.4 Å². The summed E-state index contributed by atoms with van der Waals surface area (Å²) in [6.07, 6.45) is 0.543. The Labute approximate surface area is 93.6 Å². The first-order chi connectivity index (χ1) is 7.56. The van der Waals surface area contributed by atoms with Crippen molar-refractivity contribution >= 4 is 0 Å². The van der Waals surface area contributed by atoms with Gasteiger partial charge >= 0.3 is 0 Å². The molecule has 2 unspecified atom stereocenters. The van der Waals surface area contributed by atoms with Crippen LogP contribution in [0.1, 0.15) is 18.6 Å². The van der Waals surface area contributed by atoms with E-state index in [4.69, 9.17) is 0 Å². The first-order valence-corrected chi connectivity index (χ1v) is 5.03. The summed E-state index contributed by atoms with van der Waals surface area (Å²) in [5.74, 6) is -1.17. The molecule has 0 aliphatic carbocycles. The zero-order chi connectivity index (χ0) is 12.1. The second kappa shape index (κ2) is 5.72. The molecule has 0 saturated heterocycles. The quantitative estimate of drug-likeness (QED) is 0.755. The van der Waals surface area contributed by atoms with E-state index in [1.165, 1.54) is 0 Å². The molecule has 0 aromatic heterocycles. The van der Waals surface area contributed by atoms with Gasteiger partial charge in [-0.3, -0.25) is 0 Å². The second-order valence-electron chi connectivity index (χ2n) is 3.60. The van der Waals surface area contributed by atoms with Crippen molar-refractivity contribution in [3.05, 3.63) is 48.1 Å². The van der Waals surface area contributed by atoms with Gasteiger partial charge in [0.25, 0.3) is 0 Å². The largest absolute Gasteiger partial charge is 0.387 e. The Morgan fingerprint density at radius 2 is 2.19 bits per heavy atom. The third kappa shape index (κ3) is 3.12. The van der Waals surface area contributed by atoms with Gasteiger partial charge in [-0.05, 0) is 25.1 Å². The summed E-state index contributed by atoms with van der Waals surface area (Å²) in [5.41, 5.74) is -0.0379. The van der Waals surface area contributed by atoms with Gasteiger partial charge in [-0.25, -0.2) is 8.78 Å². The van der Waals surface area contributed by atoms with Crippen molar-refractivity contribution in [2.45, 2.75) is 19.1 Å². The topological polar surface area (TPSA) is 32.3 Å². The molecule has 0 radical (unpaired) electrons. The predicted octanol–water partition coefficient (Wildman–Crippen LogP) is 2.16. The molecule has 4 heteroatoms. The van der Waals surface area contributed by atoms with Crippen LogP contribution in [0.5, 0.6) is 0 Å². The minimum Gasteiger partial charge on any atom is -0.387 e. The minimum atomic E-state index is -1.09. The van der Waals surface area contributed by atoms with Crippen molar-refractivity contribution in [3.63, 3.8) is 0 Å². The molecule has 0 spiro atoms. The van der Waals surface area contributed by atoms with Gasteiger partial charge in [0.15, 0.2) is 0 Å². The molecule has 0 bridgehead atoms. The van der Waals surface area contributed by atoms with E-state index in [9.17, 15) is 13.9 Å². The SMILES string of the molecule is C=CCNC(C)C(O)c1cc(F)ccc1F. The third-order valence-corrected chi connectivity index (χ3v) is 2.33. The van der Waals surface area contributed by atoms with Crippen LogP contribution in [0.2, 0.25) is 0 Å². The molecule has 0 aliphatic heterocycles. The van der Waals surface area contributed by atoms with Crippen LogP contribution >= 0.6 is 0 Å². The van der Waals surface area contributed by atoms with E-state index < -0.39 is 17.7 Å². The Morgan fingerprint density at radius 3 is 2.81 bits per heavy atom. The van der Waals surface area contributed by atoms with Crippen LogP contribution in [0.4, 0.5) is 8.78 Å². The Balaban J connectivity index is 2.82. The summed E-state index contributed by atoms with van der Waals surface area (Å²) in [5, 5.41) is 12.7. The van der Waals surface area contributed by atoms with Gasteiger partial charge in [0.1, 0.15) is 11.6 Å². The van der Waals surface area contributed by atoms with Gasteiger partial charge in [-0.2, -0.15) is 0 Å². The molecule has 16 heavy (non-hydrogen) atoms. The van der Waals surface area contributed by atoms with E-state index in [1.54, 1.807) is 13.0 Å². The maximum atomic E-state index is 13.3. The van der Waals surface area contributed by atoms with Crippen LogP contribution in [0, 0.1) is 11.6 Å². The Bertz CT molecular complexity index is 368. The van der Waals surface area contributed by atoms with Crippen LogP contribution in [0.3, 0.4) is 0 Å². The van der Waals surface area contributed by atoms with Crippen molar-refractivity contribution in [1.82, 2.24) is 5.32 Å². The lowest BCUT2D eigenvalue weighted by Gasteiger charge is -2.20. The molecule has 2 nitrogen and oxygen atoms in total. The average Bonchev–Trinajstić information content (AvgIpc) is 2.28. The zero-order valence-corrected chi connectivity index (χ0v) is 9.08. The van der Waals surface area contributed by atoms with E-state index in [0.29, 0.717) is 6.54 Å². The van der Waals surface area contributed by atoms with Gasteiger partial charge in [0.2, 0.25) is 0 Å². The molecule has 2 N–H and O–H groups in total. The van der Waals surface area contributed by atoms with Crippen molar-refractivity contribution in [1.29, 1.82) is 0 Å². The molecule has 88 valence electrons. The molecule has 2 atom stereocenters. The lowest BCUT2D eigenvalue weighted by Crippen LogP contribution is -2.32. The van der Waals surface area contributed by atoms with Crippen LogP contribution in [-0.4, -0.2) is 17.7 Å². The number of hydrogen-bond donors (Lipinski definition) is 2. The fraction of sp³-hybridized carbons (Fsp3) is 0.333. The first-order valence-electron chi connectivity index (χ1n) is 5.03. The van der Waals surface area contributed by atoms with E-state index >= 15 is 0 Å². The number of halogens is 2. The Kier molecular flexibility index (Phi) is 4.58. The number of hydrogen-bond acceptors (Lipinski definition) is 2. The highest BCUT2D eigenvalue weighted by Gasteiger charge is 2.19. The number of aliphatic hydroxyl groups excluding tert-OH is 1. The normalized spacial score (nSPS) is 14.5. The van der Waals surface area contributed by atoms with Crippen LogP contribution in [0.25, 0.3) is 0 Å². The highest BCUT2D eigenvalue weighted by atomic mass is 19.1. The smallest absolute Gasteiger partial charge is 0.129 e. The van der Waals surface area contributed by atoms with Crippen LogP contribution in [0.15, 0.2) is 30.9 Å². The van der Waals surface area contributed by atoms with E-state index in [0.717, 1.165) is 18.2 Å². The molecular weight excluding hydrogens is 212 g/mol. The predicted molar refractivity (Wildman–Crippen MR) is 59.0 cm³/mol. The van der Waals surface area contributed by atoms with E-state index in [1.807, 2.05) is 0 Å². The summed E-state index contributed by atoms with van der Waals surface area (Å²) in [4.78, 5) is 0. The van der Waals surface area contributed by atoms with Crippen LogP contribution < -0.4 is 5.32 Å². The molecule has 0 saturated carbocycles. The Hall–Kier alpha value is -1.26. The van der Waals surface area contributed by atoms with E-state index in [2.05, 4.69) is 11.9 Å². The second-order valence-corrected chi connectivity index (χ2v) is 3.60. The number of rotatable bonds is 5. The fourth-order valence-corrected chi connectivity index (χ4v) is 1.39. The summed E-state index contributed by atoms with van der Waals surface area (Å²) in [6, 6.07) is 2.66. The van der Waals surface area contributed by atoms with Gasteiger partial charge in [0, 0.05) is 18.2 Å². The molecule has 0 fully saturated rings. The molecule has 0 amide bonds. The number of aliphatic hydroxyl groups is 1. The zero-order valence-electron chi connectivity index (χ0n) is 9.08. The standard InChI is InChI=1S/C12H15F2NO/c1-3-6-15-8(2)12(16)10-7-9(13)4-5-11(10)14/h3-5,7-8,12,15-16H,1,6H2,2H3. The van der Waals surface area contributed by atoms with Crippen molar-refractivity contribution in [2.24, 2.45) is 0 Å². The summed E-state index contributed by atoms with van der Waals surface area (Å²) >= 11 is 0. The molecule has 1 aromatic rings.